The molecule has 0 unspecified atom stereocenters. The van der Waals surface area contributed by atoms with Crippen molar-refractivity contribution < 1.29 is 18.8 Å². The van der Waals surface area contributed by atoms with Gasteiger partial charge in [0.1, 0.15) is 5.82 Å². The van der Waals surface area contributed by atoms with Crippen LogP contribution in [-0.4, -0.2) is 66.9 Å². The number of rotatable bonds is 6. The van der Waals surface area contributed by atoms with Crippen molar-refractivity contribution in [2.24, 2.45) is 0 Å². The van der Waals surface area contributed by atoms with Crippen molar-refractivity contribution in [1.82, 2.24) is 15.1 Å². The monoisotopic (exact) mass is 441 g/mol. The van der Waals surface area contributed by atoms with Crippen LogP contribution in [0, 0.1) is 19.7 Å². The Morgan fingerprint density at radius 1 is 0.844 bits per heavy atom. The molecule has 1 fully saturated rings. The van der Waals surface area contributed by atoms with E-state index in [0.29, 0.717) is 37.6 Å². The van der Waals surface area contributed by atoms with Gasteiger partial charge in [0.05, 0.1) is 13.1 Å². The van der Waals surface area contributed by atoms with E-state index >= 15 is 0 Å². The fourth-order valence-corrected chi connectivity index (χ4v) is 3.52. The molecule has 0 aromatic heterocycles. The maximum absolute atomic E-state index is 12.9. The largest absolute Gasteiger partial charge is 0.325 e. The van der Waals surface area contributed by atoms with Crippen molar-refractivity contribution in [3.8, 4) is 0 Å². The van der Waals surface area contributed by atoms with Crippen LogP contribution in [0.4, 0.5) is 20.6 Å². The summed E-state index contributed by atoms with van der Waals surface area (Å²) in [6.45, 7) is 6.65. The van der Waals surface area contributed by atoms with Crippen LogP contribution in [0.3, 0.4) is 0 Å². The van der Waals surface area contributed by atoms with E-state index in [1.165, 1.54) is 24.3 Å². The van der Waals surface area contributed by atoms with Crippen LogP contribution in [0.5, 0.6) is 0 Å². The summed E-state index contributed by atoms with van der Waals surface area (Å²) in [5.74, 6) is -0.911. The summed E-state index contributed by atoms with van der Waals surface area (Å²) in [7, 11) is 0. The molecule has 2 aromatic carbocycles. The lowest BCUT2D eigenvalue weighted by atomic mass is 10.1. The third-order valence-corrected chi connectivity index (χ3v) is 5.21. The van der Waals surface area contributed by atoms with E-state index in [0.717, 1.165) is 11.1 Å². The zero-order chi connectivity index (χ0) is 23.1. The van der Waals surface area contributed by atoms with Crippen molar-refractivity contribution in [2.75, 3.05) is 49.9 Å². The maximum Gasteiger partial charge on any atom is 0.325 e. The molecule has 0 bridgehead atoms. The molecule has 32 heavy (non-hydrogen) atoms. The van der Waals surface area contributed by atoms with Gasteiger partial charge in [-0.15, -0.1) is 0 Å². The molecule has 0 saturated carbocycles. The Labute approximate surface area is 186 Å². The number of amides is 4. The van der Waals surface area contributed by atoms with E-state index in [-0.39, 0.29) is 30.7 Å². The molecule has 4 amide bonds. The fraction of sp³-hybridized carbons (Fsp3) is 0.348. The number of hydrogen-bond donors (Lipinski definition) is 3. The quantitative estimate of drug-likeness (QED) is 0.640. The maximum atomic E-state index is 12.9. The van der Waals surface area contributed by atoms with Crippen LogP contribution in [0.25, 0.3) is 0 Å². The lowest BCUT2D eigenvalue weighted by Gasteiger charge is -2.33. The Kier molecular flexibility index (Phi) is 7.91. The number of anilines is 2. The second-order valence-electron chi connectivity index (χ2n) is 7.93. The first-order chi connectivity index (χ1) is 15.3. The van der Waals surface area contributed by atoms with Crippen LogP contribution >= 0.6 is 0 Å². The van der Waals surface area contributed by atoms with Crippen LogP contribution < -0.4 is 16.0 Å². The van der Waals surface area contributed by atoms with Gasteiger partial charge in [0.15, 0.2) is 0 Å². The highest BCUT2D eigenvalue weighted by Gasteiger charge is 2.21. The summed E-state index contributed by atoms with van der Waals surface area (Å²) >= 11 is 0. The Bertz CT molecular complexity index is 972. The van der Waals surface area contributed by atoms with E-state index in [2.05, 4.69) is 16.0 Å². The minimum absolute atomic E-state index is 0.107. The van der Waals surface area contributed by atoms with Crippen molar-refractivity contribution in [3.63, 3.8) is 0 Å². The molecule has 0 radical (unpaired) electrons. The number of nitrogens with zero attached hydrogens (tertiary/aromatic N) is 2. The number of carbonyl (C=O) groups excluding carboxylic acids is 3. The first kappa shape index (κ1) is 23.4. The highest BCUT2D eigenvalue weighted by Crippen LogP contribution is 2.15. The summed E-state index contributed by atoms with van der Waals surface area (Å²) in [5, 5.41) is 7.79. The number of benzene rings is 2. The van der Waals surface area contributed by atoms with E-state index in [9.17, 15) is 18.8 Å². The summed E-state index contributed by atoms with van der Waals surface area (Å²) in [6.07, 6.45) is 0. The number of halogens is 1. The van der Waals surface area contributed by atoms with Gasteiger partial charge in [0, 0.05) is 37.6 Å². The average molecular weight is 442 g/mol. The highest BCUT2D eigenvalue weighted by atomic mass is 19.1. The van der Waals surface area contributed by atoms with E-state index in [1.807, 2.05) is 35.8 Å². The third kappa shape index (κ3) is 7.14. The zero-order valence-corrected chi connectivity index (χ0v) is 18.3. The van der Waals surface area contributed by atoms with E-state index < -0.39 is 6.03 Å². The number of carbonyl (C=O) groups is 3. The molecule has 0 atom stereocenters. The molecule has 2 aromatic rings. The summed E-state index contributed by atoms with van der Waals surface area (Å²) in [6, 6.07) is 10.7. The molecule has 9 heteroatoms. The predicted octanol–water partition coefficient (Wildman–Crippen LogP) is 2.35. The van der Waals surface area contributed by atoms with Crippen molar-refractivity contribution in [1.29, 1.82) is 0 Å². The Morgan fingerprint density at radius 2 is 1.44 bits per heavy atom. The van der Waals surface area contributed by atoms with Gasteiger partial charge in [-0.3, -0.25) is 24.7 Å². The van der Waals surface area contributed by atoms with Crippen LogP contribution in [0.15, 0.2) is 42.5 Å². The second kappa shape index (κ2) is 10.8. The number of piperazine rings is 1. The Morgan fingerprint density at radius 3 is 2.03 bits per heavy atom. The molecule has 170 valence electrons. The lowest BCUT2D eigenvalue weighted by Crippen LogP contribution is -2.51. The zero-order valence-electron chi connectivity index (χ0n) is 18.3. The molecule has 1 saturated heterocycles. The first-order valence-electron chi connectivity index (χ1n) is 10.5. The normalized spacial score (nSPS) is 14.6. The molecule has 1 aliphatic heterocycles. The van der Waals surface area contributed by atoms with E-state index in [4.69, 9.17) is 0 Å². The average Bonchev–Trinajstić information content (AvgIpc) is 2.73. The molecular formula is C23H28FN5O3. The topological polar surface area (TPSA) is 93.8 Å². The molecule has 3 rings (SSSR count). The van der Waals surface area contributed by atoms with Crippen molar-refractivity contribution in [2.45, 2.75) is 13.8 Å². The van der Waals surface area contributed by atoms with Gasteiger partial charge < -0.3 is 10.6 Å². The Balaban J connectivity index is 1.36. The van der Waals surface area contributed by atoms with Crippen molar-refractivity contribution in [3.05, 3.63) is 59.4 Å². The third-order valence-electron chi connectivity index (χ3n) is 5.21. The number of hydrogen-bond acceptors (Lipinski definition) is 5. The summed E-state index contributed by atoms with van der Waals surface area (Å²) in [4.78, 5) is 40.4. The minimum Gasteiger partial charge on any atom is -0.325 e. The summed E-state index contributed by atoms with van der Waals surface area (Å²) in [5.41, 5.74) is 3.23. The van der Waals surface area contributed by atoms with Crippen LogP contribution in [0.2, 0.25) is 0 Å². The smallest absolute Gasteiger partial charge is 0.325 e. The Hall–Kier alpha value is -3.30. The molecular weight excluding hydrogens is 413 g/mol. The van der Waals surface area contributed by atoms with Gasteiger partial charge in [0.25, 0.3) is 0 Å². The highest BCUT2D eigenvalue weighted by molar-refractivity contribution is 6.02. The molecule has 0 spiro atoms. The molecule has 0 aliphatic carbocycles. The standard InChI is InChI=1S/C23H28FN5O3/c1-16-3-8-20(17(2)13-16)26-23(32)27-22(31)15-29-11-9-28(10-12-29)14-21(30)25-19-6-4-18(24)5-7-19/h3-8,13H,9-12,14-15H2,1-2H3,(H,25,30)(H2,26,27,31,32). The molecule has 1 heterocycles. The molecule has 1 aliphatic rings. The van der Waals surface area contributed by atoms with Gasteiger partial charge in [-0.25, -0.2) is 9.18 Å². The second-order valence-corrected chi connectivity index (χ2v) is 7.93. The van der Waals surface area contributed by atoms with E-state index in [1.54, 1.807) is 6.07 Å². The number of imide groups is 1. The SMILES string of the molecule is Cc1ccc(NC(=O)NC(=O)CN2CCN(CC(=O)Nc3ccc(F)cc3)CC2)c(C)c1. The fourth-order valence-electron chi connectivity index (χ4n) is 3.52. The number of aryl methyl sites for hydroxylation is 2. The van der Waals surface area contributed by atoms with Crippen molar-refractivity contribution >= 4 is 29.2 Å². The van der Waals surface area contributed by atoms with Gasteiger partial charge in [-0.05, 0) is 49.7 Å². The molecule has 8 nitrogen and oxygen atoms in total. The minimum atomic E-state index is -0.557. The predicted molar refractivity (Wildman–Crippen MR) is 121 cm³/mol. The van der Waals surface area contributed by atoms with Crippen LogP contribution in [-0.2, 0) is 9.59 Å². The first-order valence-corrected chi connectivity index (χ1v) is 10.5. The lowest BCUT2D eigenvalue weighted by molar-refractivity contribution is -0.122. The van der Waals surface area contributed by atoms with Crippen LogP contribution in [0.1, 0.15) is 11.1 Å². The van der Waals surface area contributed by atoms with Gasteiger partial charge >= 0.3 is 6.03 Å². The number of urea groups is 1. The number of nitrogens with one attached hydrogen (secondary N) is 3. The van der Waals surface area contributed by atoms with Gasteiger partial charge in [-0.2, -0.15) is 0 Å². The molecule has 3 N–H and O–H groups in total. The summed E-state index contributed by atoms with van der Waals surface area (Å²) < 4.78 is 12.9. The van der Waals surface area contributed by atoms with Gasteiger partial charge in [0.2, 0.25) is 11.8 Å². The van der Waals surface area contributed by atoms with Gasteiger partial charge in [-0.1, -0.05) is 17.7 Å².